The fraction of sp³-hybridized carbons (Fsp3) is 0.421. The number of likely N-dealkylation sites (tertiary alicyclic amines) is 1. The summed E-state index contributed by atoms with van der Waals surface area (Å²) in [6, 6.07) is 10.1. The van der Waals surface area contributed by atoms with Crippen molar-refractivity contribution >= 4 is 27.3 Å². The van der Waals surface area contributed by atoms with Crippen molar-refractivity contribution in [2.45, 2.75) is 30.3 Å². The largest absolute Gasteiger partial charge is 0.381 e. The molecule has 2 heterocycles. The lowest BCUT2D eigenvalue weighted by atomic mass is 10.1. The molecule has 1 aromatic carbocycles. The van der Waals surface area contributed by atoms with E-state index in [0.717, 1.165) is 17.7 Å². The summed E-state index contributed by atoms with van der Waals surface area (Å²) in [6.07, 6.45) is 2.51. The normalized spacial score (nSPS) is 15.8. The van der Waals surface area contributed by atoms with Gasteiger partial charge in [-0.2, -0.15) is 0 Å². The van der Waals surface area contributed by atoms with E-state index >= 15 is 0 Å². The van der Waals surface area contributed by atoms with E-state index in [1.54, 1.807) is 35.5 Å². The second-order valence-corrected chi connectivity index (χ2v) is 9.28. The number of thiophene rings is 1. The number of nitrogens with zero attached hydrogens (tertiary/aromatic N) is 1. The molecule has 1 fully saturated rings. The summed E-state index contributed by atoms with van der Waals surface area (Å²) in [7, 11) is -1.89. The number of carbonyl (C=O) groups is 1. The van der Waals surface area contributed by atoms with E-state index in [4.69, 9.17) is 4.74 Å². The Morgan fingerprint density at radius 2 is 1.93 bits per heavy atom. The number of amides is 1. The van der Waals surface area contributed by atoms with Gasteiger partial charge in [-0.25, -0.2) is 13.1 Å². The monoisotopic (exact) mass is 408 g/mol. The molecule has 1 aliphatic rings. The molecule has 0 atom stereocenters. The van der Waals surface area contributed by atoms with Gasteiger partial charge in [0.2, 0.25) is 10.0 Å². The highest BCUT2D eigenvalue weighted by molar-refractivity contribution is 7.89. The second kappa shape index (κ2) is 8.97. The summed E-state index contributed by atoms with van der Waals surface area (Å²) in [4.78, 5) is 15.7. The molecule has 1 aromatic heterocycles. The molecule has 0 radical (unpaired) electrons. The van der Waals surface area contributed by atoms with Crippen LogP contribution in [0.15, 0.2) is 46.7 Å². The standard InChI is InChI=1S/C19H24N2O4S2/c1-25-16-9-12-21(13-10-16)19(22)15-4-6-18(7-5-15)27(23,24)20-11-8-17-3-2-14-26-17/h2-7,14,16,20H,8-13H2,1H3. The third-order valence-corrected chi connectivity index (χ3v) is 7.13. The minimum Gasteiger partial charge on any atom is -0.381 e. The van der Waals surface area contributed by atoms with Gasteiger partial charge in [0.1, 0.15) is 0 Å². The number of carbonyl (C=O) groups excluding carboxylic acids is 1. The summed E-state index contributed by atoms with van der Waals surface area (Å²) < 4.78 is 32.7. The highest BCUT2D eigenvalue weighted by Crippen LogP contribution is 2.17. The number of ether oxygens (including phenoxy) is 1. The van der Waals surface area contributed by atoms with E-state index in [2.05, 4.69) is 4.72 Å². The first-order chi connectivity index (χ1) is 13.0. The fourth-order valence-electron chi connectivity index (χ4n) is 3.10. The highest BCUT2D eigenvalue weighted by atomic mass is 32.2. The number of methoxy groups -OCH3 is 1. The number of nitrogens with one attached hydrogen (secondary N) is 1. The quantitative estimate of drug-likeness (QED) is 0.764. The van der Waals surface area contributed by atoms with Gasteiger partial charge in [0.05, 0.1) is 11.0 Å². The first-order valence-corrected chi connectivity index (χ1v) is 11.3. The molecule has 1 amide bonds. The summed E-state index contributed by atoms with van der Waals surface area (Å²) in [5, 5.41) is 1.97. The molecular weight excluding hydrogens is 384 g/mol. The molecular formula is C19H24N2O4S2. The van der Waals surface area contributed by atoms with E-state index in [0.29, 0.717) is 31.6 Å². The number of hydrogen-bond donors (Lipinski definition) is 1. The van der Waals surface area contributed by atoms with Gasteiger partial charge in [-0.05, 0) is 55.0 Å². The predicted octanol–water partition coefficient (Wildman–Crippen LogP) is 2.52. The van der Waals surface area contributed by atoms with Crippen molar-refractivity contribution in [3.05, 3.63) is 52.2 Å². The zero-order chi connectivity index (χ0) is 19.3. The molecule has 146 valence electrons. The molecule has 8 heteroatoms. The number of piperidine rings is 1. The van der Waals surface area contributed by atoms with Crippen molar-refractivity contribution in [1.82, 2.24) is 9.62 Å². The lowest BCUT2D eigenvalue weighted by Crippen LogP contribution is -2.40. The Balaban J connectivity index is 1.58. The third-order valence-electron chi connectivity index (χ3n) is 4.72. The van der Waals surface area contributed by atoms with Crippen molar-refractivity contribution in [2.75, 3.05) is 26.7 Å². The first kappa shape index (κ1) is 20.0. The van der Waals surface area contributed by atoms with E-state index in [9.17, 15) is 13.2 Å². The average Bonchev–Trinajstić information content (AvgIpc) is 3.21. The van der Waals surface area contributed by atoms with Gasteiger partial charge < -0.3 is 9.64 Å². The van der Waals surface area contributed by atoms with E-state index in [1.165, 1.54) is 12.1 Å². The Morgan fingerprint density at radius 3 is 2.52 bits per heavy atom. The van der Waals surface area contributed by atoms with Crippen LogP contribution in [0.3, 0.4) is 0 Å². The lowest BCUT2D eigenvalue weighted by Gasteiger charge is -2.31. The van der Waals surface area contributed by atoms with Crippen molar-refractivity contribution < 1.29 is 17.9 Å². The molecule has 6 nitrogen and oxygen atoms in total. The van der Waals surface area contributed by atoms with E-state index in [-0.39, 0.29) is 16.9 Å². The van der Waals surface area contributed by atoms with Crippen molar-refractivity contribution in [3.8, 4) is 0 Å². The maximum atomic E-state index is 12.6. The molecule has 3 rings (SSSR count). The van der Waals surface area contributed by atoms with Crippen LogP contribution in [0.4, 0.5) is 0 Å². The van der Waals surface area contributed by atoms with Gasteiger partial charge in [0, 0.05) is 37.2 Å². The number of sulfonamides is 1. The van der Waals surface area contributed by atoms with Gasteiger partial charge in [-0.15, -0.1) is 11.3 Å². The smallest absolute Gasteiger partial charge is 0.253 e. The van der Waals surface area contributed by atoms with Gasteiger partial charge in [-0.1, -0.05) is 6.07 Å². The van der Waals surface area contributed by atoms with Crippen LogP contribution >= 0.6 is 11.3 Å². The first-order valence-electron chi connectivity index (χ1n) is 8.94. The van der Waals surface area contributed by atoms with Gasteiger partial charge in [0.15, 0.2) is 0 Å². The SMILES string of the molecule is COC1CCN(C(=O)c2ccc(S(=O)(=O)NCCc3cccs3)cc2)CC1. The predicted molar refractivity (Wildman–Crippen MR) is 106 cm³/mol. The maximum Gasteiger partial charge on any atom is 0.253 e. The van der Waals surface area contributed by atoms with Crippen LogP contribution in [-0.4, -0.2) is 52.1 Å². The number of hydrogen-bond acceptors (Lipinski definition) is 5. The lowest BCUT2D eigenvalue weighted by molar-refractivity contribution is 0.0350. The van der Waals surface area contributed by atoms with Gasteiger partial charge in [-0.3, -0.25) is 4.79 Å². The van der Waals surface area contributed by atoms with Crippen molar-refractivity contribution in [2.24, 2.45) is 0 Å². The van der Waals surface area contributed by atoms with Crippen LogP contribution in [0.2, 0.25) is 0 Å². The molecule has 2 aromatic rings. The molecule has 0 aliphatic carbocycles. The Hall–Kier alpha value is -1.74. The molecule has 0 bridgehead atoms. The topological polar surface area (TPSA) is 75.7 Å². The minimum atomic E-state index is -3.58. The van der Waals surface area contributed by atoms with Gasteiger partial charge in [0.25, 0.3) is 5.91 Å². The van der Waals surface area contributed by atoms with Crippen molar-refractivity contribution in [3.63, 3.8) is 0 Å². The zero-order valence-corrected chi connectivity index (χ0v) is 16.9. The third kappa shape index (κ3) is 5.16. The van der Waals surface area contributed by atoms with Crippen LogP contribution in [0.5, 0.6) is 0 Å². The number of rotatable bonds is 7. The fourth-order valence-corrected chi connectivity index (χ4v) is 4.84. The highest BCUT2D eigenvalue weighted by Gasteiger charge is 2.24. The molecule has 1 aliphatic heterocycles. The van der Waals surface area contributed by atoms with Crippen LogP contribution in [0.1, 0.15) is 28.1 Å². The van der Waals surface area contributed by atoms with Crippen LogP contribution in [0, 0.1) is 0 Å². The summed E-state index contributed by atoms with van der Waals surface area (Å²) in [5.74, 6) is -0.0702. The van der Waals surface area contributed by atoms with Crippen LogP contribution in [0.25, 0.3) is 0 Å². The van der Waals surface area contributed by atoms with E-state index in [1.807, 2.05) is 17.5 Å². The summed E-state index contributed by atoms with van der Waals surface area (Å²) >= 11 is 1.60. The minimum absolute atomic E-state index is 0.0702. The Bertz CT molecular complexity index is 840. The number of benzene rings is 1. The maximum absolute atomic E-state index is 12.6. The molecule has 0 unspecified atom stereocenters. The van der Waals surface area contributed by atoms with E-state index < -0.39 is 10.0 Å². The Morgan fingerprint density at radius 1 is 1.22 bits per heavy atom. The average molecular weight is 409 g/mol. The summed E-state index contributed by atoms with van der Waals surface area (Å²) in [6.45, 7) is 1.65. The molecule has 1 saturated heterocycles. The Labute approximate surface area is 164 Å². The zero-order valence-electron chi connectivity index (χ0n) is 15.3. The van der Waals surface area contributed by atoms with Gasteiger partial charge >= 0.3 is 0 Å². The van der Waals surface area contributed by atoms with Crippen LogP contribution < -0.4 is 4.72 Å². The van der Waals surface area contributed by atoms with Crippen LogP contribution in [-0.2, 0) is 21.2 Å². The second-order valence-electron chi connectivity index (χ2n) is 6.48. The summed E-state index contributed by atoms with van der Waals surface area (Å²) in [5.41, 5.74) is 0.503. The molecule has 27 heavy (non-hydrogen) atoms. The molecule has 0 spiro atoms. The Kier molecular flexibility index (Phi) is 6.64. The molecule has 0 saturated carbocycles. The molecule has 1 N–H and O–H groups in total. The van der Waals surface area contributed by atoms with Crippen molar-refractivity contribution in [1.29, 1.82) is 0 Å².